The van der Waals surface area contributed by atoms with E-state index in [4.69, 9.17) is 5.73 Å². The Bertz CT molecular complexity index is 555. The highest BCUT2D eigenvalue weighted by Crippen LogP contribution is 2.26. The molecule has 2 aromatic rings. The molecule has 3 nitrogen and oxygen atoms in total. The van der Waals surface area contributed by atoms with Crippen molar-refractivity contribution in [3.63, 3.8) is 0 Å². The maximum Gasteiger partial charge on any atom is 0.180 e. The molecule has 1 aromatic carbocycles. The zero-order valence-corrected chi connectivity index (χ0v) is 12.5. The molecule has 2 N–H and O–H groups in total. The fourth-order valence-electron chi connectivity index (χ4n) is 2.54. The van der Waals surface area contributed by atoms with Crippen LogP contribution in [-0.2, 0) is 19.5 Å². The number of nitrogens with two attached hydrogens (primary N) is 1. The highest BCUT2D eigenvalue weighted by Gasteiger charge is 2.22. The molecule has 1 aromatic heterocycles. The number of fused-ring (bicyclic) bond motifs is 1. The van der Waals surface area contributed by atoms with Gasteiger partial charge in [-0.1, -0.05) is 24.3 Å². The van der Waals surface area contributed by atoms with E-state index in [1.54, 1.807) is 11.3 Å². The van der Waals surface area contributed by atoms with Gasteiger partial charge in [0.15, 0.2) is 5.13 Å². The van der Waals surface area contributed by atoms with Crippen molar-refractivity contribution in [3.8, 4) is 0 Å². The zero-order chi connectivity index (χ0) is 12.5. The molecule has 1 atom stereocenters. The molecule has 3 rings (SSSR count). The van der Waals surface area contributed by atoms with Crippen LogP contribution in [0.15, 0.2) is 30.5 Å². The average Bonchev–Trinajstić information content (AvgIpc) is 2.76. The maximum atomic E-state index is 5.68. The normalized spacial score (nSPS) is 18.7. The number of nitrogen functional groups attached to an aromatic ring is 1. The molecular weight excluding hydrogens is 278 g/mol. The number of benzene rings is 1. The van der Waals surface area contributed by atoms with Crippen molar-refractivity contribution in [2.24, 2.45) is 0 Å². The zero-order valence-electron chi connectivity index (χ0n) is 10.9. The van der Waals surface area contributed by atoms with Gasteiger partial charge >= 0.3 is 0 Å². The van der Waals surface area contributed by atoms with Gasteiger partial charge in [0.05, 0.1) is 0 Å². The van der Waals surface area contributed by atoms with Crippen molar-refractivity contribution in [1.82, 2.24) is 9.88 Å². The lowest BCUT2D eigenvalue weighted by molar-refractivity contribution is 0.177. The number of anilines is 1. The van der Waals surface area contributed by atoms with Gasteiger partial charge in [-0.3, -0.25) is 4.90 Å². The lowest BCUT2D eigenvalue weighted by Crippen LogP contribution is -2.37. The number of nitrogens with zero attached hydrogens (tertiary/aromatic N) is 2. The third-order valence-corrected chi connectivity index (χ3v) is 4.37. The Balaban J connectivity index is 0.00000133. The Labute approximate surface area is 123 Å². The molecule has 0 amide bonds. The molecule has 19 heavy (non-hydrogen) atoms. The number of halogens is 1. The maximum absolute atomic E-state index is 5.68. The largest absolute Gasteiger partial charge is 0.375 e. The van der Waals surface area contributed by atoms with Crippen molar-refractivity contribution in [2.75, 3.05) is 5.73 Å². The van der Waals surface area contributed by atoms with Gasteiger partial charge in [0, 0.05) is 30.2 Å². The van der Waals surface area contributed by atoms with Crippen molar-refractivity contribution >= 4 is 28.9 Å². The third kappa shape index (κ3) is 3.08. The predicted octanol–water partition coefficient (Wildman–Crippen LogP) is 3.09. The summed E-state index contributed by atoms with van der Waals surface area (Å²) in [5.41, 5.74) is 8.63. The van der Waals surface area contributed by atoms with Crippen LogP contribution < -0.4 is 5.73 Å². The van der Waals surface area contributed by atoms with Crippen LogP contribution in [0.4, 0.5) is 5.13 Å². The number of hydrogen-bond acceptors (Lipinski definition) is 4. The number of rotatable bonds is 2. The monoisotopic (exact) mass is 295 g/mol. The molecule has 0 saturated carbocycles. The molecule has 1 aliphatic heterocycles. The van der Waals surface area contributed by atoms with Crippen molar-refractivity contribution in [1.29, 1.82) is 0 Å². The van der Waals surface area contributed by atoms with E-state index in [9.17, 15) is 0 Å². The second-order valence-corrected chi connectivity index (χ2v) is 6.04. The van der Waals surface area contributed by atoms with E-state index in [0.29, 0.717) is 11.2 Å². The van der Waals surface area contributed by atoms with Crippen LogP contribution in [0, 0.1) is 0 Å². The molecular formula is C14H18ClN3S. The first-order valence-corrected chi connectivity index (χ1v) is 7.05. The predicted molar refractivity (Wildman–Crippen MR) is 82.6 cm³/mol. The molecule has 102 valence electrons. The second-order valence-electron chi connectivity index (χ2n) is 4.89. The third-order valence-electron chi connectivity index (χ3n) is 3.56. The van der Waals surface area contributed by atoms with Crippen LogP contribution in [0.5, 0.6) is 0 Å². The summed E-state index contributed by atoms with van der Waals surface area (Å²) in [6.45, 7) is 4.26. The first-order valence-electron chi connectivity index (χ1n) is 6.23. The molecule has 1 unspecified atom stereocenters. The minimum absolute atomic E-state index is 0. The van der Waals surface area contributed by atoms with Gasteiger partial charge in [0.2, 0.25) is 0 Å². The lowest BCUT2D eigenvalue weighted by Gasteiger charge is -2.34. The van der Waals surface area contributed by atoms with Gasteiger partial charge in [-0.15, -0.1) is 23.7 Å². The summed E-state index contributed by atoms with van der Waals surface area (Å²) in [7, 11) is 0. The minimum atomic E-state index is 0. The van der Waals surface area contributed by atoms with Crippen LogP contribution in [0.2, 0.25) is 0 Å². The summed E-state index contributed by atoms with van der Waals surface area (Å²) < 4.78 is 0. The van der Waals surface area contributed by atoms with Gasteiger partial charge in [0.25, 0.3) is 0 Å². The van der Waals surface area contributed by atoms with E-state index < -0.39 is 0 Å². The summed E-state index contributed by atoms with van der Waals surface area (Å²) in [5.74, 6) is 0. The van der Waals surface area contributed by atoms with Crippen molar-refractivity contribution in [3.05, 3.63) is 46.5 Å². The molecule has 0 radical (unpaired) electrons. The molecule has 0 aliphatic carbocycles. The van der Waals surface area contributed by atoms with E-state index in [-0.39, 0.29) is 12.4 Å². The molecule has 0 bridgehead atoms. The van der Waals surface area contributed by atoms with Gasteiger partial charge in [-0.2, -0.15) is 0 Å². The minimum Gasteiger partial charge on any atom is -0.375 e. The number of hydrogen-bond donors (Lipinski definition) is 1. The summed E-state index contributed by atoms with van der Waals surface area (Å²) in [5, 5.41) is 0.662. The van der Waals surface area contributed by atoms with Gasteiger partial charge in [0.1, 0.15) is 0 Å². The van der Waals surface area contributed by atoms with Gasteiger partial charge in [-0.05, 0) is 24.5 Å². The SMILES string of the molecule is CC1Cc2ccccc2CN1Cc1cnc(N)s1.Cl. The van der Waals surface area contributed by atoms with Gasteiger partial charge < -0.3 is 5.73 Å². The number of thiazole rings is 1. The Hall–Kier alpha value is -1.10. The Kier molecular flexibility index (Phi) is 4.45. The van der Waals surface area contributed by atoms with E-state index in [0.717, 1.165) is 19.5 Å². The molecule has 0 fully saturated rings. The van der Waals surface area contributed by atoms with E-state index in [1.807, 2.05) is 6.20 Å². The molecule has 5 heteroatoms. The molecule has 0 saturated heterocycles. The fraction of sp³-hybridized carbons (Fsp3) is 0.357. The summed E-state index contributed by atoms with van der Waals surface area (Å²) in [4.78, 5) is 7.87. The Morgan fingerprint density at radius 3 is 2.79 bits per heavy atom. The first kappa shape index (κ1) is 14.3. The highest BCUT2D eigenvalue weighted by atomic mass is 35.5. The Morgan fingerprint density at radius 1 is 1.37 bits per heavy atom. The lowest BCUT2D eigenvalue weighted by atomic mass is 9.95. The Morgan fingerprint density at radius 2 is 2.11 bits per heavy atom. The molecule has 0 spiro atoms. The van der Waals surface area contributed by atoms with E-state index in [2.05, 4.69) is 41.1 Å². The summed E-state index contributed by atoms with van der Waals surface area (Å²) in [6, 6.07) is 9.30. The molecule has 1 aliphatic rings. The average molecular weight is 296 g/mol. The fourth-order valence-corrected chi connectivity index (χ4v) is 3.25. The second kappa shape index (κ2) is 5.90. The van der Waals surface area contributed by atoms with Crippen LogP contribution in [0.1, 0.15) is 22.9 Å². The van der Waals surface area contributed by atoms with Crippen LogP contribution in [-0.4, -0.2) is 15.9 Å². The van der Waals surface area contributed by atoms with Crippen molar-refractivity contribution < 1.29 is 0 Å². The smallest absolute Gasteiger partial charge is 0.180 e. The van der Waals surface area contributed by atoms with E-state index in [1.165, 1.54) is 16.0 Å². The van der Waals surface area contributed by atoms with Gasteiger partial charge in [-0.25, -0.2) is 4.98 Å². The quantitative estimate of drug-likeness (QED) is 0.926. The van der Waals surface area contributed by atoms with Crippen LogP contribution in [0.25, 0.3) is 0 Å². The highest BCUT2D eigenvalue weighted by molar-refractivity contribution is 7.15. The summed E-state index contributed by atoms with van der Waals surface area (Å²) >= 11 is 1.59. The van der Waals surface area contributed by atoms with Crippen LogP contribution in [0.3, 0.4) is 0 Å². The summed E-state index contributed by atoms with van der Waals surface area (Å²) in [6.07, 6.45) is 3.03. The number of aromatic nitrogens is 1. The van der Waals surface area contributed by atoms with E-state index >= 15 is 0 Å². The topological polar surface area (TPSA) is 42.2 Å². The standard InChI is InChI=1S/C14H17N3S.ClH/c1-10-6-11-4-2-3-5-12(11)8-17(10)9-13-7-16-14(15)18-13;/h2-5,7,10H,6,8-9H2,1H3,(H2,15,16);1H. The first-order chi connectivity index (χ1) is 8.72. The van der Waals surface area contributed by atoms with Crippen LogP contribution >= 0.6 is 23.7 Å². The molecule has 2 heterocycles. The van der Waals surface area contributed by atoms with Crippen molar-refractivity contribution in [2.45, 2.75) is 32.5 Å².